The average Bonchev–Trinajstić information content (AvgIpc) is 2.75. The first kappa shape index (κ1) is 24.9. The number of carbonyl (C=O) groups is 1. The van der Waals surface area contributed by atoms with E-state index in [9.17, 15) is 4.79 Å². The first-order valence-corrected chi connectivity index (χ1v) is 10.3. The number of Topliss-reactive ketones (excluding diaryl/α,β-unsaturated/α-hetero) is 1. The average molecular weight is 448 g/mol. The highest BCUT2D eigenvalue weighted by atomic mass is 32.1. The van der Waals surface area contributed by atoms with Crippen molar-refractivity contribution in [3.63, 3.8) is 0 Å². The predicted molar refractivity (Wildman–Crippen MR) is 130 cm³/mol. The Morgan fingerprint density at radius 1 is 1.07 bits per heavy atom. The lowest BCUT2D eigenvalue weighted by atomic mass is 9.79. The van der Waals surface area contributed by atoms with Crippen molar-refractivity contribution in [2.75, 3.05) is 32.8 Å². The zero-order valence-corrected chi connectivity index (χ0v) is 19.6. The van der Waals surface area contributed by atoms with Crippen molar-refractivity contribution in [2.24, 2.45) is 0 Å². The SMILES string of the molecule is C[C@H]1C[C@@](C(=O)c2ccccn2)(N2CCN(Cc3ccccc3)CC2)CCO1.S.S. The summed E-state index contributed by atoms with van der Waals surface area (Å²) in [5.41, 5.74) is 1.42. The fourth-order valence-corrected chi connectivity index (χ4v) is 4.61. The van der Waals surface area contributed by atoms with Gasteiger partial charge in [-0.05, 0) is 37.5 Å². The lowest BCUT2D eigenvalue weighted by Gasteiger charge is -2.49. The molecule has 2 aliphatic rings. The van der Waals surface area contributed by atoms with Gasteiger partial charge in [0, 0.05) is 45.5 Å². The van der Waals surface area contributed by atoms with E-state index >= 15 is 0 Å². The van der Waals surface area contributed by atoms with Crippen molar-refractivity contribution >= 4 is 32.8 Å². The monoisotopic (exact) mass is 447 g/mol. The summed E-state index contributed by atoms with van der Waals surface area (Å²) in [5, 5.41) is 0. The molecule has 0 bridgehead atoms. The van der Waals surface area contributed by atoms with Crippen LogP contribution in [0.1, 0.15) is 35.8 Å². The minimum absolute atomic E-state index is 0. The first-order chi connectivity index (χ1) is 13.7. The molecule has 1 aromatic carbocycles. The van der Waals surface area contributed by atoms with Gasteiger partial charge < -0.3 is 4.74 Å². The second kappa shape index (κ2) is 11.3. The fraction of sp³-hybridized carbons (Fsp3) is 0.478. The number of hydrogen-bond donors (Lipinski definition) is 0. The van der Waals surface area contributed by atoms with E-state index in [-0.39, 0.29) is 38.9 Å². The normalized spacial score (nSPS) is 25.0. The summed E-state index contributed by atoms with van der Waals surface area (Å²) in [5.74, 6) is 0.153. The van der Waals surface area contributed by atoms with Gasteiger partial charge in [-0.2, -0.15) is 27.0 Å². The number of benzene rings is 1. The number of rotatable bonds is 5. The third kappa shape index (κ3) is 5.45. The van der Waals surface area contributed by atoms with E-state index in [0.29, 0.717) is 12.3 Å². The number of aromatic nitrogens is 1. The van der Waals surface area contributed by atoms with Gasteiger partial charge in [0.25, 0.3) is 0 Å². The molecule has 2 aliphatic heterocycles. The molecule has 2 aromatic rings. The molecule has 5 nitrogen and oxygen atoms in total. The largest absolute Gasteiger partial charge is 0.378 e. The molecule has 0 saturated carbocycles. The van der Waals surface area contributed by atoms with E-state index < -0.39 is 5.54 Å². The van der Waals surface area contributed by atoms with Crippen LogP contribution in [0.4, 0.5) is 0 Å². The molecule has 30 heavy (non-hydrogen) atoms. The van der Waals surface area contributed by atoms with Crippen LogP contribution in [-0.2, 0) is 11.3 Å². The number of hydrogen-bond acceptors (Lipinski definition) is 5. The van der Waals surface area contributed by atoms with Crippen molar-refractivity contribution in [3.8, 4) is 0 Å². The van der Waals surface area contributed by atoms with Crippen LogP contribution < -0.4 is 0 Å². The van der Waals surface area contributed by atoms with Crippen molar-refractivity contribution < 1.29 is 9.53 Å². The van der Waals surface area contributed by atoms with Gasteiger partial charge in [-0.25, -0.2) is 0 Å². The van der Waals surface area contributed by atoms with Crippen molar-refractivity contribution in [1.29, 1.82) is 0 Å². The van der Waals surface area contributed by atoms with E-state index in [0.717, 1.165) is 45.6 Å². The number of pyridine rings is 1. The van der Waals surface area contributed by atoms with Crippen LogP contribution >= 0.6 is 27.0 Å². The lowest BCUT2D eigenvalue weighted by Crippen LogP contribution is -2.63. The molecular weight excluding hydrogens is 414 g/mol. The summed E-state index contributed by atoms with van der Waals surface area (Å²) < 4.78 is 5.80. The summed E-state index contributed by atoms with van der Waals surface area (Å²) in [6.45, 7) is 7.42. The molecule has 7 heteroatoms. The Bertz CT molecular complexity index is 786. The van der Waals surface area contributed by atoms with Gasteiger partial charge in [0.2, 0.25) is 5.78 Å². The van der Waals surface area contributed by atoms with E-state index in [1.54, 1.807) is 6.20 Å². The molecule has 0 radical (unpaired) electrons. The van der Waals surface area contributed by atoms with Crippen LogP contribution in [0.2, 0.25) is 0 Å². The molecule has 0 unspecified atom stereocenters. The molecule has 2 atom stereocenters. The smallest absolute Gasteiger partial charge is 0.201 e. The summed E-state index contributed by atoms with van der Waals surface area (Å²) in [4.78, 5) is 22.8. The fourth-order valence-electron chi connectivity index (χ4n) is 4.61. The molecular formula is C23H33N3O2S2. The maximum absolute atomic E-state index is 13.6. The van der Waals surface area contributed by atoms with Gasteiger partial charge in [-0.15, -0.1) is 0 Å². The van der Waals surface area contributed by atoms with Gasteiger partial charge in [0.15, 0.2) is 0 Å². The first-order valence-electron chi connectivity index (χ1n) is 10.3. The van der Waals surface area contributed by atoms with Crippen LogP contribution in [0.15, 0.2) is 54.7 Å². The van der Waals surface area contributed by atoms with Crippen molar-refractivity contribution in [3.05, 3.63) is 66.0 Å². The van der Waals surface area contributed by atoms with E-state index in [1.807, 2.05) is 18.2 Å². The zero-order valence-electron chi connectivity index (χ0n) is 17.6. The van der Waals surface area contributed by atoms with E-state index in [4.69, 9.17) is 4.74 Å². The summed E-state index contributed by atoms with van der Waals surface area (Å²) in [6.07, 6.45) is 3.28. The maximum Gasteiger partial charge on any atom is 0.201 e. The molecule has 1 aromatic heterocycles. The number of carbonyl (C=O) groups excluding carboxylic acids is 1. The maximum atomic E-state index is 13.6. The third-order valence-corrected chi connectivity index (χ3v) is 6.09. The molecule has 164 valence electrons. The molecule has 0 amide bonds. The van der Waals surface area contributed by atoms with Crippen molar-refractivity contribution in [2.45, 2.75) is 38.0 Å². The molecule has 2 fully saturated rings. The minimum Gasteiger partial charge on any atom is -0.378 e. The Balaban J connectivity index is 0.00000160. The highest BCUT2D eigenvalue weighted by Crippen LogP contribution is 2.35. The molecule has 0 aliphatic carbocycles. The second-order valence-electron chi connectivity index (χ2n) is 7.96. The summed E-state index contributed by atoms with van der Waals surface area (Å²) >= 11 is 0. The summed E-state index contributed by atoms with van der Waals surface area (Å²) in [7, 11) is 0. The highest BCUT2D eigenvalue weighted by Gasteiger charge is 2.48. The summed E-state index contributed by atoms with van der Waals surface area (Å²) in [6, 6.07) is 16.2. The molecule has 0 N–H and O–H groups in total. The molecule has 4 rings (SSSR count). The highest BCUT2D eigenvalue weighted by molar-refractivity contribution is 7.59. The molecule has 2 saturated heterocycles. The standard InChI is InChI=1S/C23H29N3O2.2H2S/c1-19-17-23(10-16-28-19,22(27)21-9-5-6-11-24-21)26-14-12-25(13-15-26)18-20-7-3-2-4-8-20;;/h2-9,11,19H,10,12-18H2,1H3;2*1H2/t19-,23-;;/m0../s1. The lowest BCUT2D eigenvalue weighted by molar-refractivity contribution is -0.0647. The second-order valence-corrected chi connectivity index (χ2v) is 7.96. The Hall–Kier alpha value is -1.38. The van der Waals surface area contributed by atoms with Crippen LogP contribution in [0.3, 0.4) is 0 Å². The van der Waals surface area contributed by atoms with Crippen molar-refractivity contribution in [1.82, 2.24) is 14.8 Å². The molecule has 0 spiro atoms. The Morgan fingerprint density at radius 2 is 1.77 bits per heavy atom. The van der Waals surface area contributed by atoms with Gasteiger partial charge >= 0.3 is 0 Å². The van der Waals surface area contributed by atoms with Gasteiger partial charge in [0.05, 0.1) is 11.6 Å². The van der Waals surface area contributed by atoms with Crippen LogP contribution in [0.25, 0.3) is 0 Å². The number of ether oxygens (including phenoxy) is 1. The number of piperazine rings is 1. The Morgan fingerprint density at radius 3 is 2.40 bits per heavy atom. The van der Waals surface area contributed by atoms with Crippen LogP contribution in [-0.4, -0.2) is 65.0 Å². The van der Waals surface area contributed by atoms with Gasteiger partial charge in [-0.1, -0.05) is 36.4 Å². The zero-order chi connectivity index (χ0) is 19.4. The van der Waals surface area contributed by atoms with Crippen LogP contribution in [0.5, 0.6) is 0 Å². The van der Waals surface area contributed by atoms with E-state index in [2.05, 4.69) is 52.0 Å². The topological polar surface area (TPSA) is 45.7 Å². The predicted octanol–water partition coefficient (Wildman–Crippen LogP) is 3.25. The van der Waals surface area contributed by atoms with Gasteiger partial charge in [-0.3, -0.25) is 19.6 Å². The van der Waals surface area contributed by atoms with Crippen LogP contribution in [0, 0.1) is 0 Å². The van der Waals surface area contributed by atoms with Gasteiger partial charge in [0.1, 0.15) is 5.69 Å². The third-order valence-electron chi connectivity index (χ3n) is 6.09. The Kier molecular flexibility index (Phi) is 9.37. The Labute approximate surface area is 193 Å². The number of ketones is 1. The quantitative estimate of drug-likeness (QED) is 0.659. The minimum atomic E-state index is -0.495. The molecule has 3 heterocycles. The number of nitrogens with zero attached hydrogens (tertiary/aromatic N) is 3. The van der Waals surface area contributed by atoms with E-state index in [1.165, 1.54) is 5.56 Å².